The summed E-state index contributed by atoms with van der Waals surface area (Å²) in [6.07, 6.45) is 0. The maximum Gasteiger partial charge on any atom is 0.319 e. The van der Waals surface area contributed by atoms with Crippen LogP contribution in [-0.2, 0) is 6.54 Å². The minimum Gasteiger partial charge on any atom is -0.335 e. The molecule has 4 N–H and O–H groups in total. The first-order chi connectivity index (χ1) is 8.02. The maximum absolute atomic E-state index is 11.6. The molecule has 0 saturated heterocycles. The number of hydrogen-bond acceptors (Lipinski definition) is 2. The standard InChI is InChI=1S/C13H21N3O/c1-9(2)10(3)15-13(17)16-12-6-4-11(8-14)5-7-12/h4-7,9-10H,8,14H2,1-3H3,(H2,15,16,17). The van der Waals surface area contributed by atoms with E-state index in [0.717, 1.165) is 11.3 Å². The minimum absolute atomic E-state index is 0.151. The Kier molecular flexibility index (Phi) is 4.97. The molecule has 0 spiro atoms. The number of urea groups is 1. The van der Waals surface area contributed by atoms with Crippen LogP contribution in [-0.4, -0.2) is 12.1 Å². The molecule has 0 aromatic heterocycles. The van der Waals surface area contributed by atoms with Gasteiger partial charge in [-0.3, -0.25) is 0 Å². The lowest BCUT2D eigenvalue weighted by Crippen LogP contribution is -2.38. The largest absolute Gasteiger partial charge is 0.335 e. The first-order valence-electron chi connectivity index (χ1n) is 5.89. The fourth-order valence-electron chi connectivity index (χ4n) is 1.26. The van der Waals surface area contributed by atoms with Crippen LogP contribution in [0.25, 0.3) is 0 Å². The summed E-state index contributed by atoms with van der Waals surface area (Å²) in [5, 5.41) is 5.67. The Hall–Kier alpha value is -1.55. The van der Waals surface area contributed by atoms with E-state index in [-0.39, 0.29) is 12.1 Å². The lowest BCUT2D eigenvalue weighted by atomic mass is 10.1. The first-order valence-corrected chi connectivity index (χ1v) is 5.89. The van der Waals surface area contributed by atoms with Crippen LogP contribution in [0.15, 0.2) is 24.3 Å². The average molecular weight is 235 g/mol. The molecule has 1 aromatic carbocycles. The number of carbonyl (C=O) groups excluding carboxylic acids is 1. The molecule has 0 radical (unpaired) electrons. The van der Waals surface area contributed by atoms with Gasteiger partial charge in [0, 0.05) is 18.3 Å². The third-order valence-corrected chi connectivity index (χ3v) is 2.81. The number of hydrogen-bond donors (Lipinski definition) is 3. The fraction of sp³-hybridized carbons (Fsp3) is 0.462. The van der Waals surface area contributed by atoms with Crippen molar-refractivity contribution in [3.05, 3.63) is 29.8 Å². The van der Waals surface area contributed by atoms with Gasteiger partial charge in [-0.15, -0.1) is 0 Å². The molecule has 1 rings (SSSR count). The second kappa shape index (κ2) is 6.25. The van der Waals surface area contributed by atoms with Crippen molar-refractivity contribution in [2.24, 2.45) is 11.7 Å². The molecule has 2 amide bonds. The van der Waals surface area contributed by atoms with Crippen molar-refractivity contribution in [3.8, 4) is 0 Å². The summed E-state index contributed by atoms with van der Waals surface area (Å²) in [6.45, 7) is 6.64. The van der Waals surface area contributed by atoms with Gasteiger partial charge >= 0.3 is 6.03 Å². The molecule has 0 aliphatic rings. The summed E-state index contributed by atoms with van der Waals surface area (Å²) in [5.41, 5.74) is 7.32. The summed E-state index contributed by atoms with van der Waals surface area (Å²) in [6, 6.07) is 7.48. The predicted molar refractivity (Wildman–Crippen MR) is 70.8 cm³/mol. The highest BCUT2D eigenvalue weighted by Gasteiger charge is 2.10. The van der Waals surface area contributed by atoms with Gasteiger partial charge in [-0.2, -0.15) is 0 Å². The van der Waals surface area contributed by atoms with Crippen molar-refractivity contribution in [1.82, 2.24) is 5.32 Å². The Morgan fingerprint density at radius 1 is 1.24 bits per heavy atom. The molecule has 94 valence electrons. The number of carbonyl (C=O) groups is 1. The van der Waals surface area contributed by atoms with Gasteiger partial charge in [0.1, 0.15) is 0 Å². The molecule has 17 heavy (non-hydrogen) atoms. The molecule has 0 aliphatic carbocycles. The highest BCUT2D eigenvalue weighted by Crippen LogP contribution is 2.09. The molecular weight excluding hydrogens is 214 g/mol. The molecule has 0 saturated carbocycles. The van der Waals surface area contributed by atoms with Crippen LogP contribution in [0.3, 0.4) is 0 Å². The normalized spacial score (nSPS) is 12.3. The van der Waals surface area contributed by atoms with Crippen molar-refractivity contribution >= 4 is 11.7 Å². The molecule has 1 atom stereocenters. The number of rotatable bonds is 4. The zero-order chi connectivity index (χ0) is 12.8. The minimum atomic E-state index is -0.174. The van der Waals surface area contributed by atoms with E-state index in [4.69, 9.17) is 5.73 Å². The number of nitrogens with two attached hydrogens (primary N) is 1. The predicted octanol–water partition coefficient (Wildman–Crippen LogP) is 2.31. The number of benzene rings is 1. The molecule has 4 heteroatoms. The Morgan fingerprint density at radius 2 is 1.82 bits per heavy atom. The second-order valence-electron chi connectivity index (χ2n) is 4.53. The molecule has 0 bridgehead atoms. The lowest BCUT2D eigenvalue weighted by molar-refractivity contribution is 0.246. The van der Waals surface area contributed by atoms with Crippen LogP contribution >= 0.6 is 0 Å². The third-order valence-electron chi connectivity index (χ3n) is 2.81. The van der Waals surface area contributed by atoms with E-state index in [1.54, 1.807) is 0 Å². The molecule has 0 aliphatic heterocycles. The van der Waals surface area contributed by atoms with Gasteiger partial charge in [-0.25, -0.2) is 4.79 Å². The molecule has 1 aromatic rings. The van der Waals surface area contributed by atoms with Crippen LogP contribution in [0.2, 0.25) is 0 Å². The van der Waals surface area contributed by atoms with Gasteiger partial charge in [-0.1, -0.05) is 26.0 Å². The van der Waals surface area contributed by atoms with Crippen molar-refractivity contribution in [2.45, 2.75) is 33.4 Å². The van der Waals surface area contributed by atoms with Crippen molar-refractivity contribution in [1.29, 1.82) is 0 Å². The summed E-state index contributed by atoms with van der Waals surface area (Å²) >= 11 is 0. The zero-order valence-electron chi connectivity index (χ0n) is 10.7. The summed E-state index contributed by atoms with van der Waals surface area (Å²) in [5.74, 6) is 0.417. The molecular formula is C13H21N3O. The van der Waals surface area contributed by atoms with E-state index in [9.17, 15) is 4.79 Å². The van der Waals surface area contributed by atoms with Crippen molar-refractivity contribution in [3.63, 3.8) is 0 Å². The summed E-state index contributed by atoms with van der Waals surface area (Å²) in [7, 11) is 0. The van der Waals surface area contributed by atoms with Gasteiger partial charge in [0.25, 0.3) is 0 Å². The zero-order valence-corrected chi connectivity index (χ0v) is 10.7. The van der Waals surface area contributed by atoms with Gasteiger partial charge in [-0.05, 0) is 30.5 Å². The number of anilines is 1. The Morgan fingerprint density at radius 3 is 2.29 bits per heavy atom. The quantitative estimate of drug-likeness (QED) is 0.749. The molecule has 0 fully saturated rings. The lowest BCUT2D eigenvalue weighted by Gasteiger charge is -2.17. The SMILES string of the molecule is CC(C)C(C)NC(=O)Nc1ccc(CN)cc1. The number of nitrogens with one attached hydrogen (secondary N) is 2. The molecule has 1 unspecified atom stereocenters. The van der Waals surface area contributed by atoms with Crippen LogP contribution in [0.5, 0.6) is 0 Å². The molecule has 4 nitrogen and oxygen atoms in total. The first kappa shape index (κ1) is 13.5. The highest BCUT2D eigenvalue weighted by molar-refractivity contribution is 5.89. The van der Waals surface area contributed by atoms with Gasteiger partial charge in [0.2, 0.25) is 0 Å². The highest BCUT2D eigenvalue weighted by atomic mass is 16.2. The van der Waals surface area contributed by atoms with Crippen LogP contribution in [0.4, 0.5) is 10.5 Å². The summed E-state index contributed by atoms with van der Waals surface area (Å²) in [4.78, 5) is 11.6. The van der Waals surface area contributed by atoms with E-state index >= 15 is 0 Å². The van der Waals surface area contributed by atoms with Gasteiger partial charge < -0.3 is 16.4 Å². The Balaban J connectivity index is 2.50. The van der Waals surface area contributed by atoms with E-state index in [1.165, 1.54) is 0 Å². The average Bonchev–Trinajstić information content (AvgIpc) is 2.29. The smallest absolute Gasteiger partial charge is 0.319 e. The Bertz CT molecular complexity index is 359. The topological polar surface area (TPSA) is 67.2 Å². The summed E-state index contributed by atoms with van der Waals surface area (Å²) < 4.78 is 0. The maximum atomic E-state index is 11.6. The van der Waals surface area contributed by atoms with Gasteiger partial charge in [0.15, 0.2) is 0 Å². The van der Waals surface area contributed by atoms with Crippen molar-refractivity contribution < 1.29 is 4.79 Å². The van der Waals surface area contributed by atoms with Crippen LogP contribution < -0.4 is 16.4 Å². The van der Waals surface area contributed by atoms with E-state index in [2.05, 4.69) is 24.5 Å². The van der Waals surface area contributed by atoms with Crippen LogP contribution in [0.1, 0.15) is 26.3 Å². The van der Waals surface area contributed by atoms with E-state index in [0.29, 0.717) is 12.5 Å². The fourth-order valence-corrected chi connectivity index (χ4v) is 1.26. The Labute approximate surface area is 103 Å². The van der Waals surface area contributed by atoms with Crippen LogP contribution in [0, 0.1) is 5.92 Å². The van der Waals surface area contributed by atoms with Gasteiger partial charge in [0.05, 0.1) is 0 Å². The third kappa shape index (κ3) is 4.44. The van der Waals surface area contributed by atoms with E-state index < -0.39 is 0 Å². The van der Waals surface area contributed by atoms with Crippen molar-refractivity contribution in [2.75, 3.05) is 5.32 Å². The molecule has 0 heterocycles. The monoisotopic (exact) mass is 235 g/mol. The number of amides is 2. The second-order valence-corrected chi connectivity index (χ2v) is 4.53. The van der Waals surface area contributed by atoms with E-state index in [1.807, 2.05) is 31.2 Å².